The minimum atomic E-state index is -3.57. The maximum Gasteiger partial charge on any atom is 0.243 e. The molecule has 1 aliphatic heterocycles. The summed E-state index contributed by atoms with van der Waals surface area (Å²) in [5, 5.41) is 5.59. The zero-order chi connectivity index (χ0) is 23.3. The quantitative estimate of drug-likeness (QED) is 0.665. The van der Waals surface area contributed by atoms with E-state index >= 15 is 0 Å². The van der Waals surface area contributed by atoms with Crippen LogP contribution in [0.1, 0.15) is 45.2 Å². The summed E-state index contributed by atoms with van der Waals surface area (Å²) < 4.78 is 27.6. The lowest BCUT2D eigenvalue weighted by Crippen LogP contribution is -2.42. The molecule has 0 saturated carbocycles. The van der Waals surface area contributed by atoms with Crippen LogP contribution in [0, 0.1) is 11.8 Å². The number of amides is 2. The van der Waals surface area contributed by atoms with Gasteiger partial charge in [0.15, 0.2) is 0 Å². The van der Waals surface area contributed by atoms with E-state index in [9.17, 15) is 18.0 Å². The second-order valence-corrected chi connectivity index (χ2v) is 10.6. The van der Waals surface area contributed by atoms with Gasteiger partial charge in [-0.15, -0.1) is 0 Å². The Hall–Kier alpha value is -2.71. The van der Waals surface area contributed by atoms with E-state index in [1.54, 1.807) is 16.4 Å². The first-order valence-electron chi connectivity index (χ1n) is 10.9. The third-order valence-electron chi connectivity index (χ3n) is 5.58. The highest BCUT2D eigenvalue weighted by Gasteiger charge is 2.31. The van der Waals surface area contributed by atoms with E-state index in [0.717, 1.165) is 12.0 Å². The minimum absolute atomic E-state index is 0.0627. The molecule has 1 saturated heterocycles. The second kappa shape index (κ2) is 10.3. The number of carbonyl (C=O) groups excluding carboxylic acids is 2. The number of piperidine rings is 1. The van der Waals surface area contributed by atoms with Gasteiger partial charge < -0.3 is 10.6 Å². The van der Waals surface area contributed by atoms with Gasteiger partial charge in [-0.3, -0.25) is 9.59 Å². The number of hydrogen-bond donors (Lipinski definition) is 2. The standard InChI is InChI=1S/C24H31N3O4S/c1-17-13-18(2)16-27(15-17)32(30,31)22-11-9-21(10-12-22)26-24(29)14-23(25-19(3)28)20-7-5-4-6-8-20/h4-12,17-18,23H,13-16H2,1-3H3,(H,25,28)(H,26,29)/t17-,18+,23-/m1/s1. The van der Waals surface area contributed by atoms with Crippen molar-refractivity contribution in [2.45, 2.75) is 44.6 Å². The summed E-state index contributed by atoms with van der Waals surface area (Å²) in [5.41, 5.74) is 1.34. The maximum atomic E-state index is 13.0. The van der Waals surface area contributed by atoms with E-state index in [-0.39, 0.29) is 23.1 Å². The first-order valence-corrected chi connectivity index (χ1v) is 12.3. The Bertz CT molecular complexity index is 1030. The molecule has 1 heterocycles. The highest BCUT2D eigenvalue weighted by atomic mass is 32.2. The SMILES string of the molecule is CC(=O)N[C@H](CC(=O)Nc1ccc(S(=O)(=O)N2C[C@H](C)C[C@H](C)C2)cc1)c1ccccc1. The average molecular weight is 458 g/mol. The van der Waals surface area contributed by atoms with Gasteiger partial charge >= 0.3 is 0 Å². The molecule has 0 aromatic heterocycles. The van der Waals surface area contributed by atoms with Crippen molar-refractivity contribution >= 4 is 27.5 Å². The predicted octanol–water partition coefficient (Wildman–Crippen LogP) is 3.56. The monoisotopic (exact) mass is 457 g/mol. The molecule has 0 unspecified atom stereocenters. The van der Waals surface area contributed by atoms with Crippen molar-refractivity contribution in [3.63, 3.8) is 0 Å². The highest BCUT2D eigenvalue weighted by Crippen LogP contribution is 2.27. The van der Waals surface area contributed by atoms with Crippen LogP contribution in [0.15, 0.2) is 59.5 Å². The van der Waals surface area contributed by atoms with Crippen LogP contribution < -0.4 is 10.6 Å². The molecule has 2 N–H and O–H groups in total. The van der Waals surface area contributed by atoms with Crippen molar-refractivity contribution in [1.82, 2.24) is 9.62 Å². The Labute approximate surface area is 190 Å². The summed E-state index contributed by atoms with van der Waals surface area (Å²) in [6.07, 6.45) is 1.09. The van der Waals surface area contributed by atoms with Crippen molar-refractivity contribution in [3.8, 4) is 0 Å². The zero-order valence-electron chi connectivity index (χ0n) is 18.7. The molecule has 2 aromatic rings. The third kappa shape index (κ3) is 6.17. The van der Waals surface area contributed by atoms with E-state index < -0.39 is 16.1 Å². The van der Waals surface area contributed by atoms with Crippen molar-refractivity contribution in [2.75, 3.05) is 18.4 Å². The molecule has 0 radical (unpaired) electrons. The van der Waals surface area contributed by atoms with Crippen LogP contribution in [-0.2, 0) is 19.6 Å². The second-order valence-electron chi connectivity index (χ2n) is 8.71. The fourth-order valence-electron chi connectivity index (χ4n) is 4.24. The Kier molecular flexibility index (Phi) is 7.69. The average Bonchev–Trinajstić information content (AvgIpc) is 2.73. The number of rotatable bonds is 7. The van der Waals surface area contributed by atoms with Gasteiger partial charge in [-0.05, 0) is 48.1 Å². The van der Waals surface area contributed by atoms with Gasteiger partial charge in [-0.2, -0.15) is 4.31 Å². The molecule has 3 atom stereocenters. The molecule has 7 nitrogen and oxygen atoms in total. The molecule has 2 aromatic carbocycles. The number of carbonyl (C=O) groups is 2. The first-order chi connectivity index (χ1) is 15.1. The number of nitrogens with zero attached hydrogens (tertiary/aromatic N) is 1. The molecule has 32 heavy (non-hydrogen) atoms. The molecular weight excluding hydrogens is 426 g/mol. The fourth-order valence-corrected chi connectivity index (χ4v) is 5.92. The van der Waals surface area contributed by atoms with Gasteiger partial charge in [0.05, 0.1) is 17.4 Å². The van der Waals surface area contributed by atoms with Gasteiger partial charge in [0.1, 0.15) is 0 Å². The molecule has 2 amide bonds. The summed E-state index contributed by atoms with van der Waals surface area (Å²) in [4.78, 5) is 24.4. The smallest absolute Gasteiger partial charge is 0.243 e. The number of sulfonamides is 1. The Morgan fingerprint density at radius 1 is 1.00 bits per heavy atom. The van der Waals surface area contributed by atoms with Crippen LogP contribution in [0.2, 0.25) is 0 Å². The van der Waals surface area contributed by atoms with Crippen molar-refractivity contribution in [2.24, 2.45) is 11.8 Å². The minimum Gasteiger partial charge on any atom is -0.349 e. The lowest BCUT2D eigenvalue weighted by molar-refractivity contribution is -0.120. The van der Waals surface area contributed by atoms with Gasteiger partial charge in [-0.1, -0.05) is 44.2 Å². The van der Waals surface area contributed by atoms with Crippen LogP contribution in [-0.4, -0.2) is 37.6 Å². The molecule has 0 bridgehead atoms. The lowest BCUT2D eigenvalue weighted by atomic mass is 9.94. The van der Waals surface area contributed by atoms with Crippen LogP contribution in [0.4, 0.5) is 5.69 Å². The van der Waals surface area contributed by atoms with Gasteiger partial charge in [0.25, 0.3) is 0 Å². The van der Waals surface area contributed by atoms with Gasteiger partial charge in [-0.25, -0.2) is 8.42 Å². The van der Waals surface area contributed by atoms with E-state index in [1.165, 1.54) is 19.1 Å². The van der Waals surface area contributed by atoms with E-state index in [2.05, 4.69) is 24.5 Å². The fraction of sp³-hybridized carbons (Fsp3) is 0.417. The number of nitrogens with one attached hydrogen (secondary N) is 2. The van der Waals surface area contributed by atoms with E-state index in [0.29, 0.717) is 30.6 Å². The normalized spacial score (nSPS) is 20.3. The molecule has 1 aliphatic rings. The Morgan fingerprint density at radius 3 is 2.16 bits per heavy atom. The number of hydrogen-bond acceptors (Lipinski definition) is 4. The van der Waals surface area contributed by atoms with Crippen molar-refractivity contribution < 1.29 is 18.0 Å². The van der Waals surface area contributed by atoms with Gasteiger partial charge in [0, 0.05) is 25.7 Å². The summed E-state index contributed by atoms with van der Waals surface area (Å²) in [6.45, 7) is 6.60. The summed E-state index contributed by atoms with van der Waals surface area (Å²) in [5.74, 6) is 0.158. The summed E-state index contributed by atoms with van der Waals surface area (Å²) in [7, 11) is -3.57. The number of benzene rings is 2. The topological polar surface area (TPSA) is 95.6 Å². The van der Waals surface area contributed by atoms with E-state index in [1.807, 2.05) is 30.3 Å². The highest BCUT2D eigenvalue weighted by molar-refractivity contribution is 7.89. The van der Waals surface area contributed by atoms with Crippen molar-refractivity contribution in [3.05, 3.63) is 60.2 Å². The molecule has 0 aliphatic carbocycles. The molecular formula is C24H31N3O4S. The largest absolute Gasteiger partial charge is 0.349 e. The number of anilines is 1. The first kappa shape index (κ1) is 23.9. The zero-order valence-corrected chi connectivity index (χ0v) is 19.6. The summed E-state index contributed by atoms with van der Waals surface area (Å²) in [6, 6.07) is 15.1. The van der Waals surface area contributed by atoms with Crippen LogP contribution >= 0.6 is 0 Å². The summed E-state index contributed by atoms with van der Waals surface area (Å²) >= 11 is 0. The van der Waals surface area contributed by atoms with Gasteiger partial charge in [0.2, 0.25) is 21.8 Å². The van der Waals surface area contributed by atoms with E-state index in [4.69, 9.17) is 0 Å². The van der Waals surface area contributed by atoms with Crippen LogP contribution in [0.5, 0.6) is 0 Å². The molecule has 1 fully saturated rings. The molecule has 8 heteroatoms. The molecule has 3 rings (SSSR count). The Balaban J connectivity index is 1.67. The molecule has 0 spiro atoms. The lowest BCUT2D eigenvalue weighted by Gasteiger charge is -2.34. The molecule has 172 valence electrons. The van der Waals surface area contributed by atoms with Crippen LogP contribution in [0.25, 0.3) is 0 Å². The Morgan fingerprint density at radius 2 is 1.59 bits per heavy atom. The predicted molar refractivity (Wildman–Crippen MR) is 124 cm³/mol. The maximum absolute atomic E-state index is 13.0. The van der Waals surface area contributed by atoms with Crippen LogP contribution in [0.3, 0.4) is 0 Å². The third-order valence-corrected chi connectivity index (χ3v) is 7.43. The van der Waals surface area contributed by atoms with Crippen molar-refractivity contribution in [1.29, 1.82) is 0 Å².